The largest absolute Gasteiger partial charge is 0.368 e. The smallest absolute Gasteiger partial charge is 0.242 e. The Balaban J connectivity index is 0.00000261. The van der Waals surface area contributed by atoms with E-state index in [1.54, 1.807) is 0 Å². The van der Waals surface area contributed by atoms with Gasteiger partial charge in [0.25, 0.3) is 0 Å². The summed E-state index contributed by atoms with van der Waals surface area (Å²) in [5.74, 6) is 0.831. The highest BCUT2D eigenvalue weighted by Gasteiger charge is 2.24. The first-order valence-corrected chi connectivity index (χ1v) is 9.78. The van der Waals surface area contributed by atoms with E-state index < -0.39 is 0 Å². The van der Waals surface area contributed by atoms with Gasteiger partial charge >= 0.3 is 0 Å². The lowest BCUT2D eigenvalue weighted by atomic mass is 10.1. The minimum Gasteiger partial charge on any atom is -0.368 e. The maximum absolute atomic E-state index is 11.9. The van der Waals surface area contributed by atoms with E-state index in [-0.39, 0.29) is 36.4 Å². The molecule has 2 fully saturated rings. The van der Waals surface area contributed by atoms with Crippen LogP contribution < -0.4 is 15.5 Å². The molecule has 2 aliphatic rings. The number of benzene rings is 1. The topological polar surface area (TPSA) is 60.0 Å². The Kier molecular flexibility index (Phi) is 8.47. The summed E-state index contributed by atoms with van der Waals surface area (Å²) in [4.78, 5) is 21.0. The lowest BCUT2D eigenvalue weighted by Gasteiger charge is -2.38. The fourth-order valence-corrected chi connectivity index (χ4v) is 3.32. The molecular formula is C19H29ClIN5O. The van der Waals surface area contributed by atoms with Crippen LogP contribution in [-0.4, -0.2) is 62.1 Å². The number of piperazine rings is 1. The molecule has 1 aromatic carbocycles. The minimum absolute atomic E-state index is 0. The molecule has 1 heterocycles. The monoisotopic (exact) mass is 505 g/mol. The van der Waals surface area contributed by atoms with E-state index in [0.717, 1.165) is 56.5 Å². The summed E-state index contributed by atoms with van der Waals surface area (Å²) in [7, 11) is 0. The summed E-state index contributed by atoms with van der Waals surface area (Å²) in [5.41, 5.74) is 2.43. The van der Waals surface area contributed by atoms with Crippen molar-refractivity contribution in [1.82, 2.24) is 15.5 Å². The van der Waals surface area contributed by atoms with Gasteiger partial charge in [0.1, 0.15) is 6.54 Å². The first-order chi connectivity index (χ1) is 12.6. The van der Waals surface area contributed by atoms with E-state index in [1.807, 2.05) is 19.1 Å². The van der Waals surface area contributed by atoms with Gasteiger partial charge in [0.2, 0.25) is 5.91 Å². The summed E-state index contributed by atoms with van der Waals surface area (Å²) >= 11 is 6.16. The van der Waals surface area contributed by atoms with E-state index in [2.05, 4.69) is 38.4 Å². The number of carbonyl (C=O) groups is 1. The van der Waals surface area contributed by atoms with Crippen LogP contribution in [0.15, 0.2) is 23.2 Å². The predicted octanol–water partition coefficient (Wildman–Crippen LogP) is 2.63. The van der Waals surface area contributed by atoms with Gasteiger partial charge in [-0.1, -0.05) is 17.7 Å². The van der Waals surface area contributed by atoms with E-state index in [0.29, 0.717) is 6.04 Å². The van der Waals surface area contributed by atoms with Gasteiger partial charge < -0.3 is 20.4 Å². The second-order valence-electron chi connectivity index (χ2n) is 6.92. The molecule has 0 unspecified atom stereocenters. The summed E-state index contributed by atoms with van der Waals surface area (Å²) in [6.45, 7) is 8.67. The van der Waals surface area contributed by atoms with Gasteiger partial charge in [-0.15, -0.1) is 24.0 Å². The quantitative estimate of drug-likeness (QED) is 0.367. The zero-order valence-corrected chi connectivity index (χ0v) is 19.1. The maximum atomic E-state index is 11.9. The van der Waals surface area contributed by atoms with Crippen LogP contribution in [0.5, 0.6) is 0 Å². The maximum Gasteiger partial charge on any atom is 0.242 e. The van der Waals surface area contributed by atoms with E-state index in [9.17, 15) is 4.79 Å². The molecule has 0 radical (unpaired) electrons. The number of guanidine groups is 1. The van der Waals surface area contributed by atoms with E-state index >= 15 is 0 Å². The summed E-state index contributed by atoms with van der Waals surface area (Å²) in [6, 6.07) is 6.41. The predicted molar refractivity (Wildman–Crippen MR) is 123 cm³/mol. The second-order valence-corrected chi connectivity index (χ2v) is 7.35. The molecule has 150 valence electrons. The van der Waals surface area contributed by atoms with Crippen LogP contribution in [0.3, 0.4) is 0 Å². The minimum atomic E-state index is 0. The third-order valence-corrected chi connectivity index (χ3v) is 4.98. The molecule has 1 aliphatic heterocycles. The lowest BCUT2D eigenvalue weighted by molar-refractivity contribution is -0.119. The molecule has 0 bridgehead atoms. The average Bonchev–Trinajstić information content (AvgIpc) is 3.45. The Bertz CT molecular complexity index is 672. The summed E-state index contributed by atoms with van der Waals surface area (Å²) < 4.78 is 0. The van der Waals surface area contributed by atoms with Crippen LogP contribution in [0.1, 0.15) is 25.3 Å². The molecule has 8 heteroatoms. The Morgan fingerprint density at radius 2 is 1.96 bits per heavy atom. The molecule has 0 aromatic heterocycles. The van der Waals surface area contributed by atoms with Crippen LogP contribution in [0.2, 0.25) is 5.02 Å². The van der Waals surface area contributed by atoms with Gasteiger partial charge in [-0.25, -0.2) is 4.99 Å². The summed E-state index contributed by atoms with van der Waals surface area (Å²) in [5, 5.41) is 7.06. The summed E-state index contributed by atoms with van der Waals surface area (Å²) in [6.07, 6.45) is 2.20. The normalized spacial score (nSPS) is 17.4. The molecule has 1 saturated carbocycles. The second kappa shape index (κ2) is 10.4. The first-order valence-electron chi connectivity index (χ1n) is 9.40. The van der Waals surface area contributed by atoms with Crippen molar-refractivity contribution in [2.45, 2.75) is 32.7 Å². The average molecular weight is 506 g/mol. The zero-order chi connectivity index (χ0) is 18.5. The Morgan fingerprint density at radius 1 is 1.26 bits per heavy atom. The molecule has 27 heavy (non-hydrogen) atoms. The molecule has 2 N–H and O–H groups in total. The number of anilines is 1. The van der Waals surface area contributed by atoms with E-state index in [4.69, 9.17) is 11.6 Å². The van der Waals surface area contributed by atoms with Crippen molar-refractivity contribution in [3.63, 3.8) is 0 Å². The molecule has 1 aromatic rings. The van der Waals surface area contributed by atoms with Crippen molar-refractivity contribution in [1.29, 1.82) is 0 Å². The highest BCUT2D eigenvalue weighted by atomic mass is 127. The van der Waals surface area contributed by atoms with Gasteiger partial charge in [-0.2, -0.15) is 0 Å². The highest BCUT2D eigenvalue weighted by Crippen LogP contribution is 2.25. The van der Waals surface area contributed by atoms with Crippen LogP contribution in [-0.2, 0) is 4.79 Å². The van der Waals surface area contributed by atoms with Crippen LogP contribution in [0.4, 0.5) is 5.69 Å². The number of carbonyl (C=O) groups excluding carboxylic acids is 1. The van der Waals surface area contributed by atoms with Gasteiger partial charge in [-0.3, -0.25) is 4.79 Å². The number of hydrogen-bond acceptors (Lipinski definition) is 3. The van der Waals surface area contributed by atoms with E-state index in [1.165, 1.54) is 11.3 Å². The lowest BCUT2D eigenvalue weighted by Crippen LogP contribution is -2.53. The van der Waals surface area contributed by atoms with Gasteiger partial charge in [-0.05, 0) is 44.4 Å². The van der Waals surface area contributed by atoms with Crippen molar-refractivity contribution in [2.75, 3.05) is 44.2 Å². The van der Waals surface area contributed by atoms with Crippen molar-refractivity contribution in [3.05, 3.63) is 28.8 Å². The number of aryl methyl sites for hydroxylation is 1. The van der Waals surface area contributed by atoms with Crippen LogP contribution >= 0.6 is 35.6 Å². The zero-order valence-electron chi connectivity index (χ0n) is 16.0. The fraction of sp³-hybridized carbons (Fsp3) is 0.579. The number of nitrogens with zero attached hydrogens (tertiary/aromatic N) is 3. The Hall–Kier alpha value is -1.22. The Labute approximate surface area is 183 Å². The molecule has 0 spiro atoms. The molecule has 1 saturated heterocycles. The number of amides is 1. The van der Waals surface area contributed by atoms with Crippen LogP contribution in [0, 0.1) is 6.92 Å². The number of hydrogen-bond donors (Lipinski definition) is 2. The van der Waals surface area contributed by atoms with Gasteiger partial charge in [0.05, 0.1) is 0 Å². The third kappa shape index (κ3) is 6.41. The van der Waals surface area contributed by atoms with Crippen molar-refractivity contribution in [2.24, 2.45) is 4.99 Å². The number of rotatable bonds is 5. The fourth-order valence-electron chi connectivity index (χ4n) is 3.16. The van der Waals surface area contributed by atoms with Gasteiger partial charge in [0, 0.05) is 49.5 Å². The standard InChI is InChI=1S/C19H28ClN5O.HI/c1-3-21-19(22-13-18(26)23-16-6-7-16)25-10-8-24(9-11-25)17-12-15(20)5-4-14(17)2;/h4-5,12,16H,3,6-11,13H2,1-2H3,(H,21,22)(H,23,26);1H. The molecule has 1 amide bonds. The SMILES string of the molecule is CCNC(=NCC(=O)NC1CC1)N1CCN(c2cc(Cl)ccc2C)CC1.I. The molecular weight excluding hydrogens is 477 g/mol. The molecule has 0 atom stereocenters. The third-order valence-electron chi connectivity index (χ3n) is 4.74. The Morgan fingerprint density at radius 3 is 2.59 bits per heavy atom. The molecule has 3 rings (SSSR count). The molecule has 1 aliphatic carbocycles. The molecule has 6 nitrogen and oxygen atoms in total. The number of halogens is 2. The number of nitrogens with one attached hydrogen (secondary N) is 2. The van der Waals surface area contributed by atoms with Crippen molar-refractivity contribution in [3.8, 4) is 0 Å². The van der Waals surface area contributed by atoms with Gasteiger partial charge in [0.15, 0.2) is 5.96 Å². The van der Waals surface area contributed by atoms with Crippen LogP contribution in [0.25, 0.3) is 0 Å². The van der Waals surface area contributed by atoms with Crippen molar-refractivity contribution >= 4 is 53.1 Å². The van der Waals surface area contributed by atoms with Crippen molar-refractivity contribution < 1.29 is 4.79 Å². The highest BCUT2D eigenvalue weighted by molar-refractivity contribution is 14.0. The number of aliphatic imine (C=N–C) groups is 1. The first kappa shape index (κ1) is 22.1.